The quantitative estimate of drug-likeness (QED) is 0.542. The fourth-order valence-corrected chi connectivity index (χ4v) is 3.53. The maximum absolute atomic E-state index is 13.0. The van der Waals surface area contributed by atoms with E-state index < -0.39 is 0 Å². The fraction of sp³-hybridized carbons (Fsp3) is 0.304. The number of benzene rings is 2. The number of pyridine rings is 1. The molecule has 158 valence electrons. The Bertz CT molecular complexity index is 1090. The molecule has 1 heterocycles. The van der Waals surface area contributed by atoms with Gasteiger partial charge in [-0.05, 0) is 48.7 Å². The molecule has 0 bridgehead atoms. The number of nitrogens with zero attached hydrogens (tertiary/aromatic N) is 1. The van der Waals surface area contributed by atoms with Crippen molar-refractivity contribution in [1.29, 1.82) is 0 Å². The van der Waals surface area contributed by atoms with Gasteiger partial charge >= 0.3 is 6.03 Å². The largest absolute Gasteiger partial charge is 0.340 e. The van der Waals surface area contributed by atoms with Crippen molar-refractivity contribution in [2.75, 3.05) is 32.5 Å². The number of aromatic amines is 1. The molecule has 0 aliphatic carbocycles. The van der Waals surface area contributed by atoms with E-state index in [1.807, 2.05) is 31.2 Å². The number of hydrogen-bond donors (Lipinski definition) is 3. The minimum absolute atomic E-state index is 0.176. The predicted molar refractivity (Wildman–Crippen MR) is 122 cm³/mol. The van der Waals surface area contributed by atoms with Crippen molar-refractivity contribution < 1.29 is 9.69 Å². The number of halogens is 1. The lowest BCUT2D eigenvalue weighted by Crippen LogP contribution is -3.05. The highest BCUT2D eigenvalue weighted by molar-refractivity contribution is 6.30. The van der Waals surface area contributed by atoms with Crippen molar-refractivity contribution in [3.05, 3.63) is 75.0 Å². The van der Waals surface area contributed by atoms with Gasteiger partial charge in [0.2, 0.25) is 0 Å². The molecule has 0 unspecified atom stereocenters. The fourth-order valence-electron chi connectivity index (χ4n) is 3.34. The average molecular weight is 428 g/mol. The summed E-state index contributed by atoms with van der Waals surface area (Å²) < 4.78 is 0. The van der Waals surface area contributed by atoms with Gasteiger partial charge in [-0.15, -0.1) is 0 Å². The third kappa shape index (κ3) is 5.84. The predicted octanol–water partition coefficient (Wildman–Crippen LogP) is 3.06. The molecule has 3 N–H and O–H groups in total. The average Bonchev–Trinajstić information content (AvgIpc) is 2.67. The van der Waals surface area contributed by atoms with Crippen LogP contribution in [0, 0.1) is 6.92 Å². The molecule has 3 rings (SSSR count). The summed E-state index contributed by atoms with van der Waals surface area (Å²) in [5, 5.41) is 4.40. The van der Waals surface area contributed by atoms with Crippen molar-refractivity contribution in [3.63, 3.8) is 0 Å². The van der Waals surface area contributed by atoms with Gasteiger partial charge in [-0.2, -0.15) is 0 Å². The minimum atomic E-state index is -0.255. The molecule has 7 heteroatoms. The summed E-state index contributed by atoms with van der Waals surface area (Å²) in [6.07, 6.45) is 0.829. The zero-order chi connectivity index (χ0) is 21.7. The molecule has 0 saturated heterocycles. The third-order valence-electron chi connectivity index (χ3n) is 4.91. The number of aryl methyl sites for hydroxylation is 1. The van der Waals surface area contributed by atoms with Crippen LogP contribution >= 0.6 is 11.6 Å². The molecular formula is C23H28ClN4O2+. The Morgan fingerprint density at radius 3 is 2.70 bits per heavy atom. The van der Waals surface area contributed by atoms with Gasteiger partial charge in [-0.25, -0.2) is 4.79 Å². The molecule has 0 saturated carbocycles. The van der Waals surface area contributed by atoms with Crippen LogP contribution in [0.4, 0.5) is 10.5 Å². The summed E-state index contributed by atoms with van der Waals surface area (Å²) in [7, 11) is 4.15. The van der Waals surface area contributed by atoms with E-state index >= 15 is 0 Å². The third-order valence-corrected chi connectivity index (χ3v) is 5.14. The summed E-state index contributed by atoms with van der Waals surface area (Å²) in [4.78, 5) is 31.5. The van der Waals surface area contributed by atoms with Crippen molar-refractivity contribution in [1.82, 2.24) is 9.88 Å². The van der Waals surface area contributed by atoms with Crippen LogP contribution in [0.25, 0.3) is 10.9 Å². The number of nitrogens with one attached hydrogen (secondary N) is 3. The van der Waals surface area contributed by atoms with Gasteiger partial charge in [0, 0.05) is 34.8 Å². The summed E-state index contributed by atoms with van der Waals surface area (Å²) >= 11 is 6.03. The Kier molecular flexibility index (Phi) is 7.13. The number of aromatic nitrogens is 1. The Morgan fingerprint density at radius 2 is 1.97 bits per heavy atom. The van der Waals surface area contributed by atoms with E-state index in [2.05, 4.69) is 24.4 Å². The zero-order valence-corrected chi connectivity index (χ0v) is 18.3. The number of fused-ring (bicyclic) bond motifs is 1. The number of H-pyrrole nitrogens is 1. The van der Waals surface area contributed by atoms with Crippen LogP contribution in [0.1, 0.15) is 17.5 Å². The topological polar surface area (TPSA) is 69.6 Å². The number of quaternary nitrogens is 1. The van der Waals surface area contributed by atoms with E-state index in [4.69, 9.17) is 11.6 Å². The van der Waals surface area contributed by atoms with Gasteiger partial charge < -0.3 is 20.1 Å². The number of carbonyl (C=O) groups excluding carboxylic acids is 1. The lowest BCUT2D eigenvalue weighted by Gasteiger charge is -2.23. The molecule has 0 aliphatic heterocycles. The van der Waals surface area contributed by atoms with Crippen molar-refractivity contribution in [2.24, 2.45) is 0 Å². The maximum Gasteiger partial charge on any atom is 0.322 e. The van der Waals surface area contributed by atoms with Gasteiger partial charge in [0.25, 0.3) is 5.56 Å². The summed E-state index contributed by atoms with van der Waals surface area (Å²) in [5.41, 5.74) is 2.92. The highest BCUT2D eigenvalue weighted by Crippen LogP contribution is 2.17. The Hall–Kier alpha value is -2.83. The molecule has 2 aromatic carbocycles. The molecule has 0 aliphatic rings. The first-order valence-electron chi connectivity index (χ1n) is 10.0. The Balaban J connectivity index is 1.84. The standard InChI is InChI=1S/C23H27ClN4O2/c1-16-8-9-21-17(12-16)13-18(22(29)26-21)15-28(11-5-10-27(2)3)23(30)25-20-7-4-6-19(24)14-20/h4,6-9,12-14H,5,10-11,15H2,1-3H3,(H,25,30)(H,26,29)/p+1. The number of urea groups is 1. The lowest BCUT2D eigenvalue weighted by atomic mass is 10.1. The second kappa shape index (κ2) is 9.78. The molecule has 0 fully saturated rings. The summed E-state index contributed by atoms with van der Waals surface area (Å²) in [5.74, 6) is 0. The summed E-state index contributed by atoms with van der Waals surface area (Å²) in [6, 6.07) is 14.5. The van der Waals surface area contributed by atoms with Crippen LogP contribution in [0.15, 0.2) is 53.3 Å². The highest BCUT2D eigenvalue weighted by Gasteiger charge is 2.17. The van der Waals surface area contributed by atoms with E-state index in [1.54, 1.807) is 29.2 Å². The van der Waals surface area contributed by atoms with E-state index in [-0.39, 0.29) is 18.1 Å². The normalized spacial score (nSPS) is 11.1. The molecule has 0 radical (unpaired) electrons. The van der Waals surface area contributed by atoms with Crippen LogP contribution < -0.4 is 15.8 Å². The number of amides is 2. The number of hydrogen-bond acceptors (Lipinski definition) is 2. The van der Waals surface area contributed by atoms with Gasteiger partial charge in [0.05, 0.1) is 27.2 Å². The number of carbonyl (C=O) groups is 1. The molecule has 30 heavy (non-hydrogen) atoms. The summed E-state index contributed by atoms with van der Waals surface area (Å²) in [6.45, 7) is 3.71. The first-order chi connectivity index (χ1) is 14.3. The van der Waals surface area contributed by atoms with E-state index in [0.29, 0.717) is 22.8 Å². The SMILES string of the molecule is Cc1ccc2[nH]c(=O)c(CN(CCC[NH+](C)C)C(=O)Nc3cccc(Cl)c3)cc2c1. The van der Waals surface area contributed by atoms with Crippen LogP contribution in [0.5, 0.6) is 0 Å². The molecule has 0 atom stereocenters. The minimum Gasteiger partial charge on any atom is -0.340 e. The van der Waals surface area contributed by atoms with Gasteiger partial charge in [0.1, 0.15) is 0 Å². The van der Waals surface area contributed by atoms with Gasteiger partial charge in [0.15, 0.2) is 0 Å². The second-order valence-corrected chi connectivity index (χ2v) is 8.32. The van der Waals surface area contributed by atoms with Crippen LogP contribution in [-0.4, -0.2) is 43.1 Å². The van der Waals surface area contributed by atoms with Gasteiger partial charge in [-0.1, -0.05) is 29.3 Å². The molecule has 2 amide bonds. The number of rotatable bonds is 7. The van der Waals surface area contributed by atoms with Crippen LogP contribution in [0.3, 0.4) is 0 Å². The Morgan fingerprint density at radius 1 is 1.17 bits per heavy atom. The monoisotopic (exact) mass is 427 g/mol. The zero-order valence-electron chi connectivity index (χ0n) is 17.6. The van der Waals surface area contributed by atoms with E-state index in [0.717, 1.165) is 29.4 Å². The highest BCUT2D eigenvalue weighted by atomic mass is 35.5. The smallest absolute Gasteiger partial charge is 0.322 e. The molecule has 0 spiro atoms. The molecule has 3 aromatic rings. The first-order valence-corrected chi connectivity index (χ1v) is 10.4. The molecular weight excluding hydrogens is 400 g/mol. The van der Waals surface area contributed by atoms with Gasteiger partial charge in [-0.3, -0.25) is 4.79 Å². The van der Waals surface area contributed by atoms with E-state index in [9.17, 15) is 9.59 Å². The van der Waals surface area contributed by atoms with Crippen molar-refractivity contribution in [2.45, 2.75) is 19.9 Å². The second-order valence-electron chi connectivity index (χ2n) is 7.89. The maximum atomic E-state index is 13.0. The number of anilines is 1. The first kappa shape index (κ1) is 21.9. The lowest BCUT2D eigenvalue weighted by molar-refractivity contribution is -0.858. The van der Waals surface area contributed by atoms with Crippen LogP contribution in [-0.2, 0) is 6.54 Å². The van der Waals surface area contributed by atoms with E-state index in [1.165, 1.54) is 4.90 Å². The van der Waals surface area contributed by atoms with Crippen molar-refractivity contribution in [3.8, 4) is 0 Å². The van der Waals surface area contributed by atoms with Crippen molar-refractivity contribution >= 4 is 34.2 Å². The molecule has 1 aromatic heterocycles. The Labute approximate surface area is 181 Å². The molecule has 6 nitrogen and oxygen atoms in total. The van der Waals surface area contributed by atoms with Crippen LogP contribution in [0.2, 0.25) is 5.02 Å².